The van der Waals surface area contributed by atoms with Crippen LogP contribution < -0.4 is 21.3 Å². The molecule has 3 heterocycles. The van der Waals surface area contributed by atoms with Crippen molar-refractivity contribution in [3.05, 3.63) is 77.6 Å². The number of nitrogens with one attached hydrogen (secondary N) is 2. The van der Waals surface area contributed by atoms with Gasteiger partial charge in [-0.15, -0.1) is 0 Å². The molecule has 0 radical (unpaired) electrons. The fourth-order valence-electron chi connectivity index (χ4n) is 6.80. The van der Waals surface area contributed by atoms with Gasteiger partial charge >= 0.3 is 0 Å². The summed E-state index contributed by atoms with van der Waals surface area (Å²) in [6.07, 6.45) is 11.3. The van der Waals surface area contributed by atoms with Crippen LogP contribution in [0.3, 0.4) is 0 Å². The van der Waals surface area contributed by atoms with Crippen LogP contribution >= 0.6 is 0 Å². The van der Waals surface area contributed by atoms with Gasteiger partial charge in [0, 0.05) is 36.4 Å². The van der Waals surface area contributed by atoms with Crippen molar-refractivity contribution in [3.63, 3.8) is 0 Å². The van der Waals surface area contributed by atoms with E-state index in [0.717, 1.165) is 31.1 Å². The van der Waals surface area contributed by atoms with E-state index < -0.39 is 5.91 Å². The first-order valence-electron chi connectivity index (χ1n) is 15.4. The maximum Gasteiger partial charge on any atom is 0.271 e. The number of carbonyl (C=O) groups is 2. The Morgan fingerprint density at radius 2 is 1.60 bits per heavy atom. The summed E-state index contributed by atoms with van der Waals surface area (Å²) >= 11 is 0. The molecule has 1 aromatic heterocycles. The molecule has 0 bridgehead atoms. The third kappa shape index (κ3) is 6.57. The minimum absolute atomic E-state index is 0.0157. The Labute approximate surface area is 247 Å². The maximum absolute atomic E-state index is 12.7. The van der Waals surface area contributed by atoms with E-state index in [-0.39, 0.29) is 17.6 Å². The minimum Gasteiger partial charge on any atom is -0.364 e. The van der Waals surface area contributed by atoms with Crippen LogP contribution in [0.4, 0.5) is 17.3 Å². The molecule has 2 saturated heterocycles. The number of hydrogen-bond acceptors (Lipinski definition) is 7. The summed E-state index contributed by atoms with van der Waals surface area (Å²) < 4.78 is 0. The molecule has 0 spiro atoms. The smallest absolute Gasteiger partial charge is 0.271 e. The first-order valence-corrected chi connectivity index (χ1v) is 15.4. The van der Waals surface area contributed by atoms with Gasteiger partial charge in [0.1, 0.15) is 5.82 Å². The van der Waals surface area contributed by atoms with Crippen molar-refractivity contribution in [1.82, 2.24) is 20.2 Å². The quantitative estimate of drug-likeness (QED) is 0.357. The van der Waals surface area contributed by atoms with Crippen molar-refractivity contribution in [1.29, 1.82) is 0 Å². The van der Waals surface area contributed by atoms with Crippen LogP contribution in [0.15, 0.2) is 60.8 Å². The number of carbonyl (C=O) groups excluding carboxylic acids is 2. The average Bonchev–Trinajstić information content (AvgIpc) is 3.57. The maximum atomic E-state index is 12.7. The van der Waals surface area contributed by atoms with Gasteiger partial charge in [-0.2, -0.15) is 0 Å². The number of amides is 2. The number of primary amides is 1. The van der Waals surface area contributed by atoms with Crippen LogP contribution in [0, 0.1) is 0 Å². The average molecular weight is 568 g/mol. The summed E-state index contributed by atoms with van der Waals surface area (Å²) in [7, 11) is 0. The molecular weight excluding hydrogens is 526 g/mol. The molecule has 3 fully saturated rings. The molecule has 3 aliphatic rings. The lowest BCUT2D eigenvalue weighted by atomic mass is 9.88. The lowest BCUT2D eigenvalue weighted by Crippen LogP contribution is -2.48. The molecule has 6 rings (SSSR count). The van der Waals surface area contributed by atoms with Crippen LogP contribution in [-0.4, -0.2) is 64.9 Å². The lowest BCUT2D eigenvalue weighted by Gasteiger charge is -2.36. The van der Waals surface area contributed by atoms with Crippen LogP contribution in [0.25, 0.3) is 0 Å². The van der Waals surface area contributed by atoms with Crippen molar-refractivity contribution >= 4 is 29.1 Å². The Morgan fingerprint density at radius 1 is 0.857 bits per heavy atom. The van der Waals surface area contributed by atoms with Gasteiger partial charge in [-0.3, -0.25) is 9.59 Å². The predicted octanol–water partition coefficient (Wildman–Crippen LogP) is 4.84. The molecule has 1 atom stereocenters. The SMILES string of the molecule is NC(=O)c1ncc(N2CCCC(NC(=O)c3ccccc3)C2)nc1Nc1ccc(C2CCN(C3CCCC3)CC2)cc1. The van der Waals surface area contributed by atoms with Gasteiger partial charge < -0.3 is 26.2 Å². The second-order valence-electron chi connectivity index (χ2n) is 11.9. The molecule has 2 amide bonds. The summed E-state index contributed by atoms with van der Waals surface area (Å²) in [4.78, 5) is 38.9. The molecule has 9 nitrogen and oxygen atoms in total. The number of nitrogens with two attached hydrogens (primary N) is 1. The van der Waals surface area contributed by atoms with Crippen molar-refractivity contribution in [2.75, 3.05) is 36.4 Å². The Kier molecular flexibility index (Phi) is 8.65. The molecule has 1 aliphatic carbocycles. The summed E-state index contributed by atoms with van der Waals surface area (Å²) in [5, 5.41) is 6.44. The molecule has 1 unspecified atom stereocenters. The highest BCUT2D eigenvalue weighted by Crippen LogP contribution is 2.33. The van der Waals surface area contributed by atoms with Gasteiger partial charge in [-0.05, 0) is 87.4 Å². The third-order valence-electron chi connectivity index (χ3n) is 9.13. The first kappa shape index (κ1) is 28.2. The standard InChI is InChI=1S/C33H41N7O2/c34-31(41)30-32(36-26-14-12-23(13-15-26)24-16-19-39(20-17-24)28-10-4-5-11-28)38-29(21-35-30)40-18-6-9-27(22-40)37-33(42)25-7-2-1-3-8-25/h1-3,7-8,12-15,21,24,27-28H,4-6,9-11,16-20,22H2,(H2,34,41)(H,36,38)(H,37,42). The highest BCUT2D eigenvalue weighted by Gasteiger charge is 2.28. The van der Waals surface area contributed by atoms with Crippen LogP contribution in [0.1, 0.15) is 83.7 Å². The number of rotatable bonds is 8. The van der Waals surface area contributed by atoms with Crippen LogP contribution in [0.5, 0.6) is 0 Å². The van der Waals surface area contributed by atoms with Crippen molar-refractivity contribution in [3.8, 4) is 0 Å². The topological polar surface area (TPSA) is 116 Å². The fraction of sp³-hybridized carbons (Fsp3) is 0.455. The van der Waals surface area contributed by atoms with Gasteiger partial charge in [-0.25, -0.2) is 9.97 Å². The molecule has 4 N–H and O–H groups in total. The van der Waals surface area contributed by atoms with Crippen LogP contribution in [-0.2, 0) is 0 Å². The second kappa shape index (κ2) is 12.9. The number of piperidine rings is 2. The van der Waals surface area contributed by atoms with Crippen molar-refractivity contribution in [2.24, 2.45) is 5.73 Å². The van der Waals surface area contributed by atoms with Gasteiger partial charge in [0.15, 0.2) is 11.5 Å². The number of anilines is 3. The van der Waals surface area contributed by atoms with Gasteiger partial charge in [0.05, 0.1) is 6.20 Å². The molecule has 2 aliphatic heterocycles. The van der Waals surface area contributed by atoms with Gasteiger partial charge in [0.2, 0.25) is 0 Å². The Bertz CT molecular complexity index is 1370. The highest BCUT2D eigenvalue weighted by molar-refractivity contribution is 5.96. The molecule has 9 heteroatoms. The van der Waals surface area contributed by atoms with E-state index in [9.17, 15) is 9.59 Å². The summed E-state index contributed by atoms with van der Waals surface area (Å²) in [5.74, 6) is 0.854. The van der Waals surface area contributed by atoms with E-state index in [1.165, 1.54) is 57.2 Å². The first-order chi connectivity index (χ1) is 20.5. The number of aromatic nitrogens is 2. The second-order valence-corrected chi connectivity index (χ2v) is 11.9. The van der Waals surface area contributed by atoms with E-state index >= 15 is 0 Å². The highest BCUT2D eigenvalue weighted by atomic mass is 16.2. The Hall–Kier alpha value is -3.98. The zero-order chi connectivity index (χ0) is 28.9. The summed E-state index contributed by atoms with van der Waals surface area (Å²) in [5.41, 5.74) is 8.61. The molecule has 220 valence electrons. The van der Waals surface area contributed by atoms with Gasteiger partial charge in [-0.1, -0.05) is 43.2 Å². The number of benzene rings is 2. The van der Waals surface area contributed by atoms with Gasteiger partial charge in [0.25, 0.3) is 11.8 Å². The third-order valence-corrected chi connectivity index (χ3v) is 9.13. The number of hydrogen-bond donors (Lipinski definition) is 3. The molecule has 42 heavy (non-hydrogen) atoms. The molecule has 1 saturated carbocycles. The van der Waals surface area contributed by atoms with E-state index in [4.69, 9.17) is 10.7 Å². The molecular formula is C33H41N7O2. The minimum atomic E-state index is -0.631. The van der Waals surface area contributed by atoms with E-state index in [0.29, 0.717) is 29.7 Å². The zero-order valence-electron chi connectivity index (χ0n) is 24.2. The monoisotopic (exact) mass is 567 g/mol. The van der Waals surface area contributed by atoms with Crippen molar-refractivity contribution in [2.45, 2.75) is 69.4 Å². The van der Waals surface area contributed by atoms with E-state index in [1.807, 2.05) is 42.5 Å². The van der Waals surface area contributed by atoms with Crippen LogP contribution in [0.2, 0.25) is 0 Å². The van der Waals surface area contributed by atoms with E-state index in [1.54, 1.807) is 6.20 Å². The lowest BCUT2D eigenvalue weighted by molar-refractivity contribution is 0.0932. The molecule has 2 aromatic carbocycles. The zero-order valence-corrected chi connectivity index (χ0v) is 24.2. The van der Waals surface area contributed by atoms with Crippen molar-refractivity contribution < 1.29 is 9.59 Å². The normalized spacial score (nSPS) is 20.4. The largest absolute Gasteiger partial charge is 0.364 e. The summed E-state index contributed by atoms with van der Waals surface area (Å²) in [6, 6.07) is 18.5. The number of likely N-dealkylation sites (tertiary alicyclic amines) is 1. The van der Waals surface area contributed by atoms with E-state index in [2.05, 4.69) is 37.6 Å². The summed E-state index contributed by atoms with van der Waals surface area (Å²) in [6.45, 7) is 3.77. The molecule has 3 aromatic rings. The Balaban J connectivity index is 1.10. The fourth-order valence-corrected chi connectivity index (χ4v) is 6.80. The predicted molar refractivity (Wildman–Crippen MR) is 165 cm³/mol. The number of nitrogens with zero attached hydrogens (tertiary/aromatic N) is 4. The Morgan fingerprint density at radius 3 is 2.31 bits per heavy atom.